The second-order valence-electron chi connectivity index (χ2n) is 10.4. The molecule has 7 nitrogen and oxygen atoms in total. The van der Waals surface area contributed by atoms with E-state index in [2.05, 4.69) is 0 Å². The summed E-state index contributed by atoms with van der Waals surface area (Å²) >= 11 is 6.14. The van der Waals surface area contributed by atoms with E-state index in [9.17, 15) is 14.4 Å². The van der Waals surface area contributed by atoms with Crippen molar-refractivity contribution in [3.63, 3.8) is 0 Å². The summed E-state index contributed by atoms with van der Waals surface area (Å²) in [6, 6.07) is 7.29. The fraction of sp³-hybridized carbons (Fsp3) is 0.667. The lowest BCUT2D eigenvalue weighted by Crippen LogP contribution is -2.53. The van der Waals surface area contributed by atoms with Crippen molar-refractivity contribution in [1.82, 2.24) is 14.7 Å². The Bertz CT molecular complexity index is 904. The van der Waals surface area contributed by atoms with Gasteiger partial charge in [-0.2, -0.15) is 0 Å². The van der Waals surface area contributed by atoms with E-state index < -0.39 is 5.41 Å². The van der Waals surface area contributed by atoms with E-state index in [1.54, 1.807) is 17.0 Å². The van der Waals surface area contributed by atoms with Gasteiger partial charge in [-0.25, -0.2) is 0 Å². The van der Waals surface area contributed by atoms with E-state index >= 15 is 0 Å². The zero-order valence-corrected chi connectivity index (χ0v) is 21.4. The molecule has 0 unspecified atom stereocenters. The smallest absolute Gasteiger partial charge is 0.242 e. The van der Waals surface area contributed by atoms with Crippen LogP contribution in [-0.2, 0) is 14.4 Å². The molecule has 3 aliphatic rings. The van der Waals surface area contributed by atoms with Crippen LogP contribution in [0.15, 0.2) is 24.3 Å². The summed E-state index contributed by atoms with van der Waals surface area (Å²) in [5, 5.41) is 0.600. The van der Waals surface area contributed by atoms with Crippen molar-refractivity contribution in [1.29, 1.82) is 0 Å². The molecule has 0 saturated carbocycles. The maximum absolute atomic E-state index is 13.3. The molecule has 1 atom stereocenters. The van der Waals surface area contributed by atoms with Crippen LogP contribution in [0.25, 0.3) is 0 Å². The molecular formula is C27H38ClN3O4. The van der Waals surface area contributed by atoms with Gasteiger partial charge in [0.25, 0.3) is 0 Å². The van der Waals surface area contributed by atoms with Crippen LogP contribution in [0.5, 0.6) is 5.75 Å². The Morgan fingerprint density at radius 3 is 2.46 bits per heavy atom. The van der Waals surface area contributed by atoms with Crippen LogP contribution in [0.2, 0.25) is 5.02 Å². The van der Waals surface area contributed by atoms with Crippen molar-refractivity contribution in [2.45, 2.75) is 64.2 Å². The first-order chi connectivity index (χ1) is 16.9. The molecule has 3 aliphatic heterocycles. The highest BCUT2D eigenvalue weighted by molar-refractivity contribution is 6.30. The molecule has 0 spiro atoms. The monoisotopic (exact) mass is 503 g/mol. The van der Waals surface area contributed by atoms with E-state index in [1.807, 2.05) is 21.9 Å². The summed E-state index contributed by atoms with van der Waals surface area (Å²) in [6.07, 6.45) is 8.66. The third-order valence-electron chi connectivity index (χ3n) is 7.59. The molecule has 0 bridgehead atoms. The minimum absolute atomic E-state index is 0.0301. The van der Waals surface area contributed by atoms with Crippen LogP contribution < -0.4 is 4.74 Å². The highest BCUT2D eigenvalue weighted by Gasteiger charge is 2.41. The summed E-state index contributed by atoms with van der Waals surface area (Å²) in [5.74, 6) is 0.860. The number of benzene rings is 1. The molecule has 1 aromatic carbocycles. The number of hydrogen-bond donors (Lipinski definition) is 0. The van der Waals surface area contributed by atoms with E-state index in [0.717, 1.165) is 58.0 Å². The van der Waals surface area contributed by atoms with E-state index in [1.165, 1.54) is 6.42 Å². The van der Waals surface area contributed by atoms with Gasteiger partial charge >= 0.3 is 0 Å². The lowest BCUT2D eigenvalue weighted by molar-refractivity contribution is -0.145. The zero-order valence-electron chi connectivity index (χ0n) is 20.7. The Hall–Kier alpha value is -2.28. The van der Waals surface area contributed by atoms with Crippen LogP contribution in [0.3, 0.4) is 0 Å². The Morgan fingerprint density at radius 1 is 0.914 bits per heavy atom. The number of piperidine rings is 2. The summed E-state index contributed by atoms with van der Waals surface area (Å²) < 4.78 is 6.17. The van der Waals surface area contributed by atoms with Crippen molar-refractivity contribution in [3.8, 4) is 5.75 Å². The van der Waals surface area contributed by atoms with Crippen molar-refractivity contribution in [2.75, 3.05) is 45.9 Å². The number of carbonyl (C=O) groups is 3. The maximum Gasteiger partial charge on any atom is 0.242 e. The molecule has 3 amide bonds. The third-order valence-corrected chi connectivity index (χ3v) is 7.82. The van der Waals surface area contributed by atoms with Crippen LogP contribution in [0.1, 0.15) is 64.2 Å². The van der Waals surface area contributed by atoms with Gasteiger partial charge in [0, 0.05) is 56.0 Å². The van der Waals surface area contributed by atoms with Gasteiger partial charge in [-0.15, -0.1) is 0 Å². The number of amides is 3. The molecular weight excluding hydrogens is 466 g/mol. The van der Waals surface area contributed by atoms with Crippen molar-refractivity contribution in [2.24, 2.45) is 5.41 Å². The minimum Gasteiger partial charge on any atom is -0.493 e. The molecule has 0 aliphatic carbocycles. The highest BCUT2D eigenvalue weighted by atomic mass is 35.5. The van der Waals surface area contributed by atoms with Gasteiger partial charge in [0.05, 0.1) is 13.2 Å². The number of likely N-dealkylation sites (tertiary alicyclic amines) is 3. The third kappa shape index (κ3) is 7.12. The fourth-order valence-electron chi connectivity index (χ4n) is 5.57. The van der Waals surface area contributed by atoms with Gasteiger partial charge in [-0.3, -0.25) is 14.4 Å². The standard InChI is InChI=1S/C27H38ClN3O4/c28-22-9-7-10-23(17-22)35-21-27(18-25(33)29-13-5-2-6-14-29)12-8-16-31(20-27)26(34)19-30-15-4-1-3-11-24(30)32/h7,9-10,17H,1-6,8,11-16,18-21H2/t27-/m1/s1. The molecule has 8 heteroatoms. The molecule has 3 saturated heterocycles. The first-order valence-corrected chi connectivity index (χ1v) is 13.5. The first kappa shape index (κ1) is 25.8. The van der Waals surface area contributed by atoms with Crippen molar-refractivity contribution >= 4 is 29.3 Å². The van der Waals surface area contributed by atoms with E-state index in [4.69, 9.17) is 16.3 Å². The predicted octanol–water partition coefficient (Wildman–Crippen LogP) is 4.13. The summed E-state index contributed by atoms with van der Waals surface area (Å²) in [4.78, 5) is 44.6. The zero-order chi connectivity index (χ0) is 24.7. The largest absolute Gasteiger partial charge is 0.493 e. The number of carbonyl (C=O) groups excluding carboxylic acids is 3. The average Bonchev–Trinajstić information content (AvgIpc) is 3.07. The number of halogens is 1. The molecule has 1 aromatic rings. The van der Waals surface area contributed by atoms with Gasteiger partial charge in [-0.05, 0) is 63.1 Å². The molecule has 0 N–H and O–H groups in total. The quantitative estimate of drug-likeness (QED) is 0.561. The Kier molecular flexibility index (Phi) is 8.93. The average molecular weight is 504 g/mol. The second-order valence-corrected chi connectivity index (χ2v) is 10.8. The van der Waals surface area contributed by atoms with E-state index in [0.29, 0.717) is 49.9 Å². The summed E-state index contributed by atoms with van der Waals surface area (Å²) in [7, 11) is 0. The lowest BCUT2D eigenvalue weighted by Gasteiger charge is -2.43. The van der Waals surface area contributed by atoms with Gasteiger partial charge < -0.3 is 19.4 Å². The second kappa shape index (κ2) is 12.1. The topological polar surface area (TPSA) is 70.2 Å². The number of hydrogen-bond acceptors (Lipinski definition) is 4. The van der Waals surface area contributed by atoms with Gasteiger partial charge in [-0.1, -0.05) is 24.1 Å². The molecule has 3 fully saturated rings. The molecule has 192 valence electrons. The Balaban J connectivity index is 1.46. The van der Waals surface area contributed by atoms with Crippen molar-refractivity contribution < 1.29 is 19.1 Å². The van der Waals surface area contributed by atoms with Gasteiger partial charge in [0.1, 0.15) is 5.75 Å². The van der Waals surface area contributed by atoms with Gasteiger partial charge in [0.2, 0.25) is 17.7 Å². The van der Waals surface area contributed by atoms with E-state index in [-0.39, 0.29) is 24.3 Å². The van der Waals surface area contributed by atoms with Crippen LogP contribution in [0, 0.1) is 5.41 Å². The van der Waals surface area contributed by atoms with Crippen LogP contribution in [-0.4, -0.2) is 78.3 Å². The summed E-state index contributed by atoms with van der Waals surface area (Å²) in [5.41, 5.74) is -0.465. The highest BCUT2D eigenvalue weighted by Crippen LogP contribution is 2.36. The van der Waals surface area contributed by atoms with Crippen LogP contribution >= 0.6 is 11.6 Å². The number of nitrogens with zero attached hydrogens (tertiary/aromatic N) is 3. The fourth-order valence-corrected chi connectivity index (χ4v) is 5.75. The van der Waals surface area contributed by atoms with Crippen LogP contribution in [0.4, 0.5) is 0 Å². The Morgan fingerprint density at radius 2 is 1.66 bits per heavy atom. The summed E-state index contributed by atoms with van der Waals surface area (Å²) in [6.45, 7) is 3.86. The number of rotatable bonds is 7. The van der Waals surface area contributed by atoms with Crippen molar-refractivity contribution in [3.05, 3.63) is 29.3 Å². The lowest BCUT2D eigenvalue weighted by atomic mass is 9.77. The molecule has 0 radical (unpaired) electrons. The normalized spacial score (nSPS) is 23.7. The molecule has 3 heterocycles. The number of ether oxygens (including phenoxy) is 1. The van der Waals surface area contributed by atoms with Gasteiger partial charge in [0.15, 0.2) is 0 Å². The molecule has 35 heavy (non-hydrogen) atoms. The first-order valence-electron chi connectivity index (χ1n) is 13.2. The maximum atomic E-state index is 13.3. The molecule has 4 rings (SSSR count). The minimum atomic E-state index is -0.465. The predicted molar refractivity (Wildman–Crippen MR) is 135 cm³/mol. The SMILES string of the molecule is O=C(C[C@]1(COc2cccc(Cl)c2)CCCN(C(=O)CN2CCCCCC2=O)C1)N1CCCCC1. The Labute approximate surface area is 213 Å². The molecule has 0 aromatic heterocycles.